The lowest BCUT2D eigenvalue weighted by Crippen LogP contribution is -2.40. The minimum Gasteiger partial charge on any atom is -0.312 e. The van der Waals surface area contributed by atoms with Gasteiger partial charge in [-0.3, -0.25) is 13.9 Å². The average molecular weight is 480 g/mol. The Labute approximate surface area is 187 Å². The number of benzene rings is 2. The molecule has 0 aliphatic carbocycles. The van der Waals surface area contributed by atoms with Gasteiger partial charge in [-0.15, -0.1) is 0 Å². The van der Waals surface area contributed by atoms with Crippen LogP contribution in [0.25, 0.3) is 11.2 Å². The molecule has 1 aliphatic heterocycles. The van der Waals surface area contributed by atoms with E-state index >= 15 is 0 Å². The van der Waals surface area contributed by atoms with Crippen LogP contribution in [-0.4, -0.2) is 25.2 Å². The molecule has 0 fully saturated rings. The van der Waals surface area contributed by atoms with Crippen LogP contribution in [0.5, 0.6) is 0 Å². The number of fused-ring (bicyclic) bond motifs is 3. The van der Waals surface area contributed by atoms with Crippen LogP contribution in [0.3, 0.4) is 0 Å². The number of aromatic nitrogens is 4. The molecule has 1 aliphatic rings. The molecule has 8 heteroatoms. The topological polar surface area (TPSA) is 65.1 Å². The molecule has 1 atom stereocenters. The van der Waals surface area contributed by atoms with E-state index in [0.29, 0.717) is 29.6 Å². The van der Waals surface area contributed by atoms with E-state index in [9.17, 15) is 9.59 Å². The molecule has 0 amide bonds. The van der Waals surface area contributed by atoms with E-state index in [1.807, 2.05) is 59.2 Å². The van der Waals surface area contributed by atoms with Crippen LogP contribution >= 0.6 is 15.9 Å². The van der Waals surface area contributed by atoms with Gasteiger partial charge in [0.1, 0.15) is 0 Å². The second kappa shape index (κ2) is 7.53. The molecule has 2 aromatic carbocycles. The maximum absolute atomic E-state index is 13.5. The molecule has 7 nitrogen and oxygen atoms in total. The molecule has 2 aromatic heterocycles. The molecule has 5 rings (SSSR count). The van der Waals surface area contributed by atoms with E-state index < -0.39 is 0 Å². The van der Waals surface area contributed by atoms with Crippen molar-refractivity contribution in [1.29, 1.82) is 0 Å². The van der Waals surface area contributed by atoms with Crippen LogP contribution in [0.15, 0.2) is 68.7 Å². The molecular formula is C23H22BrN5O2. The van der Waals surface area contributed by atoms with E-state index in [1.165, 1.54) is 9.13 Å². The number of aryl methyl sites for hydroxylation is 1. The van der Waals surface area contributed by atoms with Gasteiger partial charge >= 0.3 is 5.69 Å². The predicted molar refractivity (Wildman–Crippen MR) is 125 cm³/mol. The minimum atomic E-state index is -0.361. The lowest BCUT2D eigenvalue weighted by Gasteiger charge is -2.33. The fraction of sp³-hybridized carbons (Fsp3) is 0.261. The molecule has 0 radical (unpaired) electrons. The Morgan fingerprint density at radius 1 is 1.03 bits per heavy atom. The third kappa shape index (κ3) is 3.31. The lowest BCUT2D eigenvalue weighted by molar-refractivity contribution is 0.458. The number of halogens is 1. The van der Waals surface area contributed by atoms with Crippen LogP contribution in [0.1, 0.15) is 12.5 Å². The van der Waals surface area contributed by atoms with Crippen molar-refractivity contribution < 1.29 is 0 Å². The van der Waals surface area contributed by atoms with Crippen molar-refractivity contribution in [3.05, 3.63) is 85.5 Å². The first kappa shape index (κ1) is 19.8. The Bertz CT molecular complexity index is 1390. The Morgan fingerprint density at radius 2 is 1.74 bits per heavy atom. The molecule has 31 heavy (non-hydrogen) atoms. The quantitative estimate of drug-likeness (QED) is 0.451. The van der Waals surface area contributed by atoms with E-state index in [-0.39, 0.29) is 17.8 Å². The van der Waals surface area contributed by atoms with Gasteiger partial charge in [-0.25, -0.2) is 4.79 Å². The predicted octanol–water partition coefficient (Wildman–Crippen LogP) is 3.50. The molecule has 0 unspecified atom stereocenters. The summed E-state index contributed by atoms with van der Waals surface area (Å²) >= 11 is 3.48. The largest absolute Gasteiger partial charge is 0.332 e. The first-order valence-electron chi connectivity index (χ1n) is 10.2. The first-order chi connectivity index (χ1) is 14.9. The fourth-order valence-corrected chi connectivity index (χ4v) is 4.51. The van der Waals surface area contributed by atoms with Crippen LogP contribution < -0.4 is 16.1 Å². The fourth-order valence-electron chi connectivity index (χ4n) is 4.25. The Balaban J connectivity index is 1.73. The van der Waals surface area contributed by atoms with Gasteiger partial charge < -0.3 is 9.47 Å². The summed E-state index contributed by atoms with van der Waals surface area (Å²) in [5.41, 5.74) is 2.14. The zero-order valence-electron chi connectivity index (χ0n) is 17.3. The van der Waals surface area contributed by atoms with Crippen molar-refractivity contribution in [2.24, 2.45) is 13.0 Å². The van der Waals surface area contributed by atoms with Crippen molar-refractivity contribution in [2.75, 3.05) is 11.4 Å². The van der Waals surface area contributed by atoms with Crippen molar-refractivity contribution >= 4 is 38.7 Å². The number of hydrogen-bond donors (Lipinski definition) is 0. The molecular weight excluding hydrogens is 458 g/mol. The van der Waals surface area contributed by atoms with Gasteiger partial charge in [-0.05, 0) is 35.7 Å². The maximum Gasteiger partial charge on any atom is 0.332 e. The van der Waals surface area contributed by atoms with Gasteiger partial charge in [0.25, 0.3) is 5.56 Å². The summed E-state index contributed by atoms with van der Waals surface area (Å²) in [4.78, 5) is 33.4. The van der Waals surface area contributed by atoms with E-state index in [2.05, 4.69) is 27.8 Å². The van der Waals surface area contributed by atoms with Gasteiger partial charge in [0, 0.05) is 30.3 Å². The molecule has 4 aromatic rings. The summed E-state index contributed by atoms with van der Waals surface area (Å²) in [6.07, 6.45) is 0. The van der Waals surface area contributed by atoms with Gasteiger partial charge in [0.15, 0.2) is 11.2 Å². The Kier molecular flexibility index (Phi) is 4.81. The Morgan fingerprint density at radius 3 is 2.45 bits per heavy atom. The van der Waals surface area contributed by atoms with Crippen molar-refractivity contribution in [1.82, 2.24) is 18.7 Å². The number of nitrogens with zero attached hydrogens (tertiary/aromatic N) is 5. The number of rotatable bonds is 3. The third-order valence-corrected chi connectivity index (χ3v) is 6.29. The highest BCUT2D eigenvalue weighted by molar-refractivity contribution is 9.10. The van der Waals surface area contributed by atoms with Gasteiger partial charge in [-0.1, -0.05) is 53.2 Å². The number of imidazole rings is 1. The van der Waals surface area contributed by atoms with Crippen molar-refractivity contribution in [2.45, 2.75) is 20.0 Å². The second-order valence-corrected chi connectivity index (χ2v) is 9.02. The summed E-state index contributed by atoms with van der Waals surface area (Å²) in [6, 6.07) is 17.6. The highest BCUT2D eigenvalue weighted by atomic mass is 79.9. The van der Waals surface area contributed by atoms with Gasteiger partial charge in [0.2, 0.25) is 5.95 Å². The number of anilines is 2. The number of hydrogen-bond acceptors (Lipinski definition) is 4. The zero-order valence-corrected chi connectivity index (χ0v) is 18.9. The average Bonchev–Trinajstić information content (AvgIpc) is 3.15. The highest BCUT2D eigenvalue weighted by Crippen LogP contribution is 2.33. The zero-order chi connectivity index (χ0) is 21.7. The van der Waals surface area contributed by atoms with Gasteiger partial charge in [-0.2, -0.15) is 4.98 Å². The van der Waals surface area contributed by atoms with Crippen LogP contribution in [-0.2, 0) is 20.1 Å². The molecule has 0 spiro atoms. The Hall–Kier alpha value is -3.13. The smallest absolute Gasteiger partial charge is 0.312 e. The summed E-state index contributed by atoms with van der Waals surface area (Å²) in [5, 5.41) is 0. The van der Waals surface area contributed by atoms with Crippen molar-refractivity contribution in [3.63, 3.8) is 0 Å². The molecule has 0 N–H and O–H groups in total. The summed E-state index contributed by atoms with van der Waals surface area (Å²) in [7, 11) is 1.68. The van der Waals surface area contributed by atoms with Crippen molar-refractivity contribution in [3.8, 4) is 0 Å². The van der Waals surface area contributed by atoms with Crippen LogP contribution in [0.2, 0.25) is 0 Å². The maximum atomic E-state index is 13.5. The van der Waals surface area contributed by atoms with E-state index in [4.69, 9.17) is 4.98 Å². The van der Waals surface area contributed by atoms with E-state index in [1.54, 1.807) is 7.05 Å². The first-order valence-corrected chi connectivity index (χ1v) is 11.0. The summed E-state index contributed by atoms with van der Waals surface area (Å²) in [5.74, 6) is 1.01. The third-order valence-electron chi connectivity index (χ3n) is 5.76. The van der Waals surface area contributed by atoms with E-state index in [0.717, 1.165) is 22.3 Å². The standard InChI is InChI=1S/C23H22BrN5O2/c1-15-12-27(18-10-8-17(24)9-11-18)22-25-20-19(28(22)13-15)21(30)29(23(31)26(20)2)14-16-6-4-3-5-7-16/h3-11,15H,12-14H2,1-2H3/t15-/m0/s1. The normalized spacial score (nSPS) is 16.0. The molecule has 158 valence electrons. The lowest BCUT2D eigenvalue weighted by atomic mass is 10.1. The molecule has 0 saturated carbocycles. The highest BCUT2D eigenvalue weighted by Gasteiger charge is 2.29. The monoisotopic (exact) mass is 479 g/mol. The molecule has 0 saturated heterocycles. The minimum absolute atomic E-state index is 0.231. The van der Waals surface area contributed by atoms with Gasteiger partial charge in [0.05, 0.1) is 6.54 Å². The molecule has 3 heterocycles. The summed E-state index contributed by atoms with van der Waals surface area (Å²) in [6.45, 7) is 3.86. The van der Waals surface area contributed by atoms with Crippen LogP contribution in [0.4, 0.5) is 11.6 Å². The van der Waals surface area contributed by atoms with Crippen LogP contribution in [0, 0.1) is 5.92 Å². The SMILES string of the molecule is C[C@H]1CN(c2ccc(Br)cc2)c2nc3c(c(=O)n(Cc4ccccc4)c(=O)n3C)n2C1. The summed E-state index contributed by atoms with van der Waals surface area (Å²) < 4.78 is 5.75. The molecule has 0 bridgehead atoms. The second-order valence-electron chi connectivity index (χ2n) is 8.11.